The summed E-state index contributed by atoms with van der Waals surface area (Å²) in [6.45, 7) is 9.42. The van der Waals surface area contributed by atoms with Crippen LogP contribution in [0, 0.1) is 5.41 Å². The Morgan fingerprint density at radius 3 is 1.70 bits per heavy atom. The number of sulfone groups is 1. The molecule has 0 heterocycles. The van der Waals surface area contributed by atoms with Crippen molar-refractivity contribution in [3.63, 3.8) is 0 Å². The topological polar surface area (TPSA) is 71.4 Å². The van der Waals surface area contributed by atoms with Crippen molar-refractivity contribution in [1.82, 2.24) is 0 Å². The Bertz CT molecular complexity index is 900. The van der Waals surface area contributed by atoms with Gasteiger partial charge in [0.05, 0.1) is 16.1 Å². The number of hydrogen-bond donors (Lipinski definition) is 1. The van der Waals surface area contributed by atoms with Gasteiger partial charge in [-0.15, -0.1) is 0 Å². The van der Waals surface area contributed by atoms with Crippen LogP contribution in [0.25, 0.3) is 11.1 Å². The minimum absolute atomic E-state index is 0.0293. The lowest BCUT2D eigenvalue weighted by Gasteiger charge is -2.20. The van der Waals surface area contributed by atoms with Crippen LogP contribution in [-0.2, 0) is 20.0 Å². The number of aliphatic carboxylic acids is 1. The van der Waals surface area contributed by atoms with Crippen molar-refractivity contribution >= 4 is 15.8 Å². The summed E-state index contributed by atoms with van der Waals surface area (Å²) in [6.07, 6.45) is 0.609. The van der Waals surface area contributed by atoms with E-state index >= 15 is 0 Å². The Morgan fingerprint density at radius 2 is 1.30 bits per heavy atom. The molecule has 0 aliphatic carbocycles. The normalized spacial score (nSPS) is 12.8. The van der Waals surface area contributed by atoms with Gasteiger partial charge in [0.2, 0.25) is 0 Å². The summed E-state index contributed by atoms with van der Waals surface area (Å²) in [7, 11) is -3.29. The molecule has 0 spiro atoms. The fourth-order valence-corrected chi connectivity index (χ4v) is 4.28. The highest BCUT2D eigenvalue weighted by Gasteiger charge is 2.29. The third-order valence-electron chi connectivity index (χ3n) is 4.81. The third kappa shape index (κ3) is 5.19. The minimum Gasteiger partial charge on any atom is -0.481 e. The average molecular weight is 389 g/mol. The van der Waals surface area contributed by atoms with Gasteiger partial charge in [-0.3, -0.25) is 4.79 Å². The van der Waals surface area contributed by atoms with Crippen molar-refractivity contribution in [1.29, 1.82) is 0 Å². The molecule has 0 aromatic heterocycles. The first-order valence-electron chi connectivity index (χ1n) is 9.00. The van der Waals surface area contributed by atoms with E-state index < -0.39 is 21.2 Å². The molecular weight excluding hydrogens is 360 g/mol. The van der Waals surface area contributed by atoms with Crippen LogP contribution in [0.5, 0.6) is 0 Å². The smallest absolute Gasteiger partial charge is 0.313 e. The number of carboxylic acid groups (broad SMARTS) is 1. The molecule has 0 aliphatic rings. The molecule has 0 aliphatic heterocycles. The van der Waals surface area contributed by atoms with Crippen molar-refractivity contribution in [2.75, 3.05) is 5.75 Å². The van der Waals surface area contributed by atoms with Gasteiger partial charge < -0.3 is 5.11 Å². The second-order valence-corrected chi connectivity index (χ2v) is 10.8. The maximum absolute atomic E-state index is 12.5. The fraction of sp³-hybridized carbons (Fsp3) is 0.409. The van der Waals surface area contributed by atoms with Gasteiger partial charge in [0.15, 0.2) is 9.84 Å². The molecule has 5 heteroatoms. The zero-order valence-electron chi connectivity index (χ0n) is 16.6. The molecule has 0 unspecified atom stereocenters. The van der Waals surface area contributed by atoms with Crippen LogP contribution >= 0.6 is 0 Å². The molecule has 0 fully saturated rings. The number of hydrogen-bond acceptors (Lipinski definition) is 3. The first-order valence-corrected chi connectivity index (χ1v) is 10.7. The Kier molecular flexibility index (Phi) is 5.85. The molecule has 0 radical (unpaired) electrons. The molecule has 4 nitrogen and oxygen atoms in total. The number of carbonyl (C=O) groups is 1. The van der Waals surface area contributed by atoms with E-state index in [1.165, 1.54) is 0 Å². The van der Waals surface area contributed by atoms with E-state index in [4.69, 9.17) is 0 Å². The number of benzene rings is 2. The van der Waals surface area contributed by atoms with Gasteiger partial charge in [-0.1, -0.05) is 57.2 Å². The molecule has 0 atom stereocenters. The average Bonchev–Trinajstić information content (AvgIpc) is 2.60. The summed E-state index contributed by atoms with van der Waals surface area (Å²) in [5.74, 6) is -0.741. The van der Waals surface area contributed by atoms with Crippen molar-refractivity contribution in [2.45, 2.75) is 51.3 Å². The molecule has 2 aromatic carbocycles. The lowest BCUT2D eigenvalue weighted by Crippen LogP contribution is -2.28. The summed E-state index contributed by atoms with van der Waals surface area (Å²) in [5.41, 5.74) is 1.55. The van der Waals surface area contributed by atoms with E-state index in [2.05, 4.69) is 0 Å². The van der Waals surface area contributed by atoms with Crippen LogP contribution in [0.15, 0.2) is 53.4 Å². The molecule has 0 bridgehead atoms. The quantitative estimate of drug-likeness (QED) is 0.762. The van der Waals surface area contributed by atoms with E-state index in [-0.39, 0.29) is 11.2 Å². The second kappa shape index (κ2) is 7.47. The summed E-state index contributed by atoms with van der Waals surface area (Å²) in [5, 5.41) is 9.32. The van der Waals surface area contributed by atoms with Crippen molar-refractivity contribution in [3.05, 3.63) is 54.1 Å². The van der Waals surface area contributed by atoms with Gasteiger partial charge in [-0.25, -0.2) is 8.42 Å². The monoisotopic (exact) mass is 388 g/mol. The molecule has 2 aromatic rings. The van der Waals surface area contributed by atoms with Gasteiger partial charge in [0, 0.05) is 0 Å². The SMILES string of the molecule is CC(C)(C)CCS(=O)(=O)c1ccc(-c2ccc(C(C)(C)C(=O)O)cc2)cc1. The van der Waals surface area contributed by atoms with E-state index in [1.807, 2.05) is 32.9 Å². The van der Waals surface area contributed by atoms with Gasteiger partial charge in [0.25, 0.3) is 0 Å². The number of carboxylic acids is 1. The fourth-order valence-electron chi connectivity index (χ4n) is 2.62. The summed E-state index contributed by atoms with van der Waals surface area (Å²) < 4.78 is 25.0. The van der Waals surface area contributed by atoms with Crippen molar-refractivity contribution in [3.8, 4) is 11.1 Å². The van der Waals surface area contributed by atoms with Crippen LogP contribution in [0.1, 0.15) is 46.6 Å². The molecule has 0 saturated carbocycles. The highest BCUT2D eigenvalue weighted by Crippen LogP contribution is 2.28. The Balaban J connectivity index is 2.21. The maximum Gasteiger partial charge on any atom is 0.313 e. The van der Waals surface area contributed by atoms with E-state index in [0.717, 1.165) is 16.7 Å². The Hall–Kier alpha value is -2.14. The summed E-state index contributed by atoms with van der Waals surface area (Å²) >= 11 is 0. The van der Waals surface area contributed by atoms with Crippen molar-refractivity contribution < 1.29 is 18.3 Å². The molecule has 0 saturated heterocycles. The third-order valence-corrected chi connectivity index (χ3v) is 6.54. The second-order valence-electron chi connectivity index (χ2n) is 8.66. The maximum atomic E-state index is 12.5. The zero-order valence-corrected chi connectivity index (χ0v) is 17.4. The highest BCUT2D eigenvalue weighted by molar-refractivity contribution is 7.91. The Labute approximate surface area is 162 Å². The van der Waals surface area contributed by atoms with Crippen LogP contribution < -0.4 is 0 Å². The van der Waals surface area contributed by atoms with Crippen LogP contribution in [-0.4, -0.2) is 25.2 Å². The molecule has 2 rings (SSSR count). The molecule has 1 N–H and O–H groups in total. The van der Waals surface area contributed by atoms with Gasteiger partial charge in [-0.05, 0) is 54.5 Å². The minimum atomic E-state index is -3.29. The molecule has 27 heavy (non-hydrogen) atoms. The van der Waals surface area contributed by atoms with Gasteiger partial charge >= 0.3 is 5.97 Å². The standard InChI is InChI=1S/C22H28O4S/c1-21(2,3)14-15-27(25,26)19-12-8-17(9-13-19)16-6-10-18(11-7-16)22(4,5)20(23)24/h6-13H,14-15H2,1-5H3,(H,23,24). The van der Waals surface area contributed by atoms with Gasteiger partial charge in [-0.2, -0.15) is 0 Å². The Morgan fingerprint density at radius 1 is 0.852 bits per heavy atom. The van der Waals surface area contributed by atoms with Gasteiger partial charge in [0.1, 0.15) is 0 Å². The van der Waals surface area contributed by atoms with Crippen LogP contribution in [0.2, 0.25) is 0 Å². The van der Waals surface area contributed by atoms with E-state index in [0.29, 0.717) is 11.3 Å². The largest absolute Gasteiger partial charge is 0.481 e. The summed E-state index contributed by atoms with van der Waals surface area (Å²) in [6, 6.07) is 14.2. The van der Waals surface area contributed by atoms with E-state index in [9.17, 15) is 18.3 Å². The highest BCUT2D eigenvalue weighted by atomic mass is 32.2. The molecule has 0 amide bonds. The summed E-state index contributed by atoms with van der Waals surface area (Å²) in [4.78, 5) is 11.7. The lowest BCUT2D eigenvalue weighted by atomic mass is 9.84. The van der Waals surface area contributed by atoms with Crippen molar-refractivity contribution in [2.24, 2.45) is 5.41 Å². The zero-order chi connectivity index (χ0) is 20.5. The predicted octanol–water partition coefficient (Wildman–Crippen LogP) is 4.93. The van der Waals surface area contributed by atoms with E-state index in [1.54, 1.807) is 50.2 Å². The van der Waals surface area contributed by atoms with Crippen LogP contribution in [0.3, 0.4) is 0 Å². The molecule has 146 valence electrons. The van der Waals surface area contributed by atoms with Crippen LogP contribution in [0.4, 0.5) is 0 Å². The first kappa shape index (κ1) is 21.2. The molecular formula is C22H28O4S. The lowest BCUT2D eigenvalue weighted by molar-refractivity contribution is -0.142. The number of rotatable bonds is 6. The predicted molar refractivity (Wildman–Crippen MR) is 109 cm³/mol. The first-order chi connectivity index (χ1) is 12.3.